The fourth-order valence-electron chi connectivity index (χ4n) is 3.99. The van der Waals surface area contributed by atoms with Gasteiger partial charge in [0.1, 0.15) is 11.4 Å². The van der Waals surface area contributed by atoms with Gasteiger partial charge in [-0.05, 0) is 37.7 Å². The number of hydrogen-bond donors (Lipinski definition) is 2. The highest BCUT2D eigenvalue weighted by Crippen LogP contribution is 2.37. The van der Waals surface area contributed by atoms with Crippen LogP contribution in [0.4, 0.5) is 0 Å². The molecule has 28 heavy (non-hydrogen) atoms. The van der Waals surface area contributed by atoms with E-state index < -0.39 is 0 Å². The zero-order valence-electron chi connectivity index (χ0n) is 15.9. The first kappa shape index (κ1) is 20.1. The Hall–Kier alpha value is -2.61. The Morgan fingerprint density at radius 1 is 1.04 bits per heavy atom. The average Bonchev–Trinajstić information content (AvgIpc) is 3.12. The van der Waals surface area contributed by atoms with E-state index in [1.165, 1.54) is 12.0 Å². The summed E-state index contributed by atoms with van der Waals surface area (Å²) in [5.41, 5.74) is 13.9. The number of guanidine groups is 2. The van der Waals surface area contributed by atoms with Gasteiger partial charge in [-0.25, -0.2) is 4.99 Å². The van der Waals surface area contributed by atoms with Crippen LogP contribution < -0.4 is 11.5 Å². The van der Waals surface area contributed by atoms with E-state index in [4.69, 9.17) is 11.5 Å². The number of nitrogens with two attached hydrogens (primary N) is 2. The zero-order chi connectivity index (χ0) is 18.7. The van der Waals surface area contributed by atoms with Gasteiger partial charge in [-0.15, -0.1) is 17.5 Å². The van der Waals surface area contributed by atoms with E-state index in [2.05, 4.69) is 44.6 Å². The van der Waals surface area contributed by atoms with E-state index in [1.807, 2.05) is 21.8 Å². The van der Waals surface area contributed by atoms with Gasteiger partial charge in [0.05, 0.1) is 12.7 Å². The van der Waals surface area contributed by atoms with Gasteiger partial charge in [-0.3, -0.25) is 4.68 Å². The summed E-state index contributed by atoms with van der Waals surface area (Å²) in [5.74, 6) is 0.695. The molecular weight excluding hydrogens is 376 g/mol. The third-order valence-corrected chi connectivity index (χ3v) is 5.36. The van der Waals surface area contributed by atoms with Crippen LogP contribution in [-0.4, -0.2) is 37.5 Å². The van der Waals surface area contributed by atoms with Crippen LogP contribution in [0, 0.1) is 0 Å². The molecule has 1 aliphatic heterocycles. The van der Waals surface area contributed by atoms with E-state index >= 15 is 0 Å². The molecule has 4 N–H and O–H groups in total. The monoisotopic (exact) mass is 402 g/mol. The molecule has 2 aliphatic rings. The van der Waals surface area contributed by atoms with E-state index in [0.29, 0.717) is 12.5 Å². The van der Waals surface area contributed by atoms with Crippen LogP contribution in [0.25, 0.3) is 0 Å². The molecule has 9 heteroatoms. The van der Waals surface area contributed by atoms with Crippen molar-refractivity contribution in [1.82, 2.24) is 19.9 Å². The van der Waals surface area contributed by atoms with E-state index in [1.54, 1.807) is 0 Å². The molecule has 0 atom stereocenters. The lowest BCUT2D eigenvalue weighted by atomic mass is 9.87. The molecule has 0 unspecified atom stereocenters. The second-order valence-corrected chi connectivity index (χ2v) is 7.28. The Balaban J connectivity index is 0.00000225. The molecule has 0 amide bonds. The Morgan fingerprint density at radius 2 is 1.79 bits per heavy atom. The fraction of sp³-hybridized carbons (Fsp3) is 0.474. The van der Waals surface area contributed by atoms with Gasteiger partial charge in [0.2, 0.25) is 11.9 Å². The Morgan fingerprint density at radius 3 is 2.54 bits per heavy atom. The largest absolute Gasteiger partial charge is 0.369 e. The maximum absolute atomic E-state index is 6.22. The summed E-state index contributed by atoms with van der Waals surface area (Å²) in [6, 6.07) is 10.4. The van der Waals surface area contributed by atoms with Crippen LogP contribution in [0.2, 0.25) is 0 Å². The molecule has 0 bridgehead atoms. The zero-order valence-corrected chi connectivity index (χ0v) is 16.7. The van der Waals surface area contributed by atoms with Crippen molar-refractivity contribution >= 4 is 24.3 Å². The lowest BCUT2D eigenvalue weighted by molar-refractivity contribution is 0.113. The lowest BCUT2D eigenvalue weighted by Gasteiger charge is -2.45. The van der Waals surface area contributed by atoms with Crippen molar-refractivity contribution in [1.29, 1.82) is 0 Å². The van der Waals surface area contributed by atoms with Gasteiger partial charge < -0.3 is 16.4 Å². The van der Waals surface area contributed by atoms with Crippen molar-refractivity contribution in [2.45, 2.75) is 57.3 Å². The minimum Gasteiger partial charge on any atom is -0.369 e. The molecular formula is C19H27ClN8. The number of aryl methyl sites for hydroxylation is 2. The number of aliphatic imine (C=N–C) groups is 2. The first-order chi connectivity index (χ1) is 13.1. The van der Waals surface area contributed by atoms with Crippen molar-refractivity contribution in [3.63, 3.8) is 0 Å². The summed E-state index contributed by atoms with van der Waals surface area (Å²) in [5, 5.41) is 8.60. The maximum atomic E-state index is 6.22. The van der Waals surface area contributed by atoms with Crippen molar-refractivity contribution < 1.29 is 0 Å². The van der Waals surface area contributed by atoms with Crippen LogP contribution in [-0.2, 0) is 19.5 Å². The predicted octanol–water partition coefficient (Wildman–Crippen LogP) is 2.05. The summed E-state index contributed by atoms with van der Waals surface area (Å²) in [7, 11) is 0. The smallest absolute Gasteiger partial charge is 0.220 e. The van der Waals surface area contributed by atoms with Gasteiger partial charge in [-0.2, -0.15) is 4.99 Å². The number of hydrogen-bond acceptors (Lipinski definition) is 7. The number of halogens is 1. The lowest BCUT2D eigenvalue weighted by Crippen LogP contribution is -2.57. The second-order valence-electron chi connectivity index (χ2n) is 7.28. The minimum absolute atomic E-state index is 0. The molecule has 1 aromatic heterocycles. The normalized spacial score (nSPS) is 18.4. The molecule has 2 heterocycles. The Labute approximate surface area is 171 Å². The highest BCUT2D eigenvalue weighted by atomic mass is 35.5. The fourth-order valence-corrected chi connectivity index (χ4v) is 3.99. The topological polar surface area (TPSA) is 111 Å². The van der Waals surface area contributed by atoms with E-state index in [-0.39, 0.29) is 24.0 Å². The van der Waals surface area contributed by atoms with Gasteiger partial charge >= 0.3 is 0 Å². The Kier molecular flexibility index (Phi) is 6.18. The molecule has 1 spiro atoms. The van der Waals surface area contributed by atoms with Crippen LogP contribution in [0.15, 0.2) is 46.5 Å². The van der Waals surface area contributed by atoms with Crippen molar-refractivity contribution in [3.8, 4) is 0 Å². The highest BCUT2D eigenvalue weighted by Gasteiger charge is 2.41. The second kappa shape index (κ2) is 8.60. The quantitative estimate of drug-likeness (QED) is 0.795. The molecule has 1 aliphatic carbocycles. The van der Waals surface area contributed by atoms with Crippen LogP contribution >= 0.6 is 12.4 Å². The minimum atomic E-state index is -0.387. The third-order valence-electron chi connectivity index (χ3n) is 5.36. The highest BCUT2D eigenvalue weighted by molar-refractivity contribution is 5.95. The molecule has 0 saturated heterocycles. The summed E-state index contributed by atoms with van der Waals surface area (Å²) < 4.78 is 1.88. The van der Waals surface area contributed by atoms with Crippen LogP contribution in [0.3, 0.4) is 0 Å². The summed E-state index contributed by atoms with van der Waals surface area (Å²) >= 11 is 0. The molecule has 1 saturated carbocycles. The number of benzene rings is 1. The molecule has 1 aromatic carbocycles. The summed E-state index contributed by atoms with van der Waals surface area (Å²) in [4.78, 5) is 10.9. The van der Waals surface area contributed by atoms with Crippen LogP contribution in [0.5, 0.6) is 0 Å². The summed E-state index contributed by atoms with van der Waals surface area (Å²) in [6.45, 7) is 1.33. The molecule has 0 radical (unpaired) electrons. The number of nitrogens with zero attached hydrogens (tertiary/aromatic N) is 6. The number of rotatable bonds is 5. The summed E-state index contributed by atoms with van der Waals surface area (Å²) in [6.07, 6.45) is 8.22. The predicted molar refractivity (Wildman–Crippen MR) is 112 cm³/mol. The molecule has 2 aromatic rings. The van der Waals surface area contributed by atoms with Gasteiger partial charge in [0, 0.05) is 6.54 Å². The van der Waals surface area contributed by atoms with E-state index in [0.717, 1.165) is 44.3 Å². The maximum Gasteiger partial charge on any atom is 0.220 e. The standard InChI is InChI=1S/C19H26N8.ClH/c20-17-22-18(21)27(19(23-17)10-5-2-6-11-19)14-16-13-26(25-24-16)12-9-15-7-3-1-4-8-15;/h1,3-4,7-8,13H,2,5-6,9-12,14H2,(H4,20,21,22,23);1H. The van der Waals surface area contributed by atoms with Crippen molar-refractivity contribution in [2.24, 2.45) is 21.5 Å². The first-order valence-electron chi connectivity index (χ1n) is 9.55. The van der Waals surface area contributed by atoms with Crippen molar-refractivity contribution in [3.05, 3.63) is 47.8 Å². The molecule has 150 valence electrons. The number of aromatic nitrogens is 3. The van der Waals surface area contributed by atoms with Gasteiger partial charge in [0.25, 0.3) is 0 Å². The third kappa shape index (κ3) is 4.27. The molecule has 1 fully saturated rings. The Bertz CT molecular complexity index is 839. The van der Waals surface area contributed by atoms with Crippen molar-refractivity contribution in [2.75, 3.05) is 0 Å². The average molecular weight is 403 g/mol. The first-order valence-corrected chi connectivity index (χ1v) is 9.55. The van der Waals surface area contributed by atoms with Gasteiger partial charge in [-0.1, -0.05) is 42.0 Å². The SMILES string of the molecule is Cl.NC1=NC2(CCCCC2)N(Cc2cn(CCc3ccccc3)nn2)C(N)=N1. The van der Waals surface area contributed by atoms with Gasteiger partial charge in [0.15, 0.2) is 0 Å². The molecule has 8 nitrogen and oxygen atoms in total. The van der Waals surface area contributed by atoms with E-state index in [9.17, 15) is 0 Å². The van der Waals surface area contributed by atoms with Crippen LogP contribution in [0.1, 0.15) is 43.4 Å². The molecule has 4 rings (SSSR count).